The van der Waals surface area contributed by atoms with Crippen molar-refractivity contribution in [1.82, 2.24) is 0 Å². The largest absolute Gasteiger partial charge is 0.493 e. The third-order valence-electron chi connectivity index (χ3n) is 8.35. The summed E-state index contributed by atoms with van der Waals surface area (Å²) in [5.74, 6) is -0.341. The van der Waals surface area contributed by atoms with Crippen LogP contribution in [-0.4, -0.2) is 17.7 Å². The molecule has 232 valence electrons. The normalized spacial score (nSPS) is 11.2. The number of carboxylic acids is 1. The Bertz CT molecular complexity index is 699. The molecule has 40 heavy (non-hydrogen) atoms. The molecule has 0 aliphatic rings. The summed E-state index contributed by atoms with van der Waals surface area (Å²) >= 11 is 0. The van der Waals surface area contributed by atoms with Gasteiger partial charge in [0, 0.05) is 0 Å². The average molecular weight is 559 g/mol. The molecule has 0 saturated heterocycles. The first-order valence-electron chi connectivity index (χ1n) is 17.7. The van der Waals surface area contributed by atoms with E-state index in [1.165, 1.54) is 160 Å². The van der Waals surface area contributed by atoms with Gasteiger partial charge in [-0.1, -0.05) is 174 Å². The van der Waals surface area contributed by atoms with Crippen LogP contribution in [0, 0.1) is 0 Å². The predicted octanol–water partition coefficient (Wildman–Crippen LogP) is 12.5. The van der Waals surface area contributed by atoms with Gasteiger partial charge in [-0.15, -0.1) is 0 Å². The van der Waals surface area contributed by atoms with Gasteiger partial charge in [0.05, 0.1) is 6.61 Å². The highest BCUT2D eigenvalue weighted by atomic mass is 16.5. The average Bonchev–Trinajstić information content (AvgIpc) is 2.95. The Balaban J connectivity index is 2.09. The van der Waals surface area contributed by atoms with E-state index in [9.17, 15) is 9.90 Å². The first kappa shape index (κ1) is 36.5. The molecule has 0 bridgehead atoms. The van der Waals surface area contributed by atoms with Gasteiger partial charge in [-0.2, -0.15) is 0 Å². The van der Waals surface area contributed by atoms with Gasteiger partial charge in [-0.05, 0) is 37.0 Å². The summed E-state index contributed by atoms with van der Waals surface area (Å²) in [5.41, 5.74) is 1.50. The van der Waals surface area contributed by atoms with Crippen LogP contribution in [0.4, 0.5) is 0 Å². The molecule has 1 rings (SSSR count). The van der Waals surface area contributed by atoms with Crippen LogP contribution in [0.5, 0.6) is 5.75 Å². The van der Waals surface area contributed by atoms with Crippen LogP contribution in [0.1, 0.15) is 197 Å². The van der Waals surface area contributed by atoms with E-state index in [0.717, 1.165) is 19.3 Å². The van der Waals surface area contributed by atoms with Crippen molar-refractivity contribution in [2.75, 3.05) is 6.61 Å². The maximum absolute atomic E-state index is 11.7. The summed E-state index contributed by atoms with van der Waals surface area (Å²) < 4.78 is 5.98. The molecular weight excluding hydrogens is 492 g/mol. The Morgan fingerprint density at radius 1 is 0.550 bits per heavy atom. The molecule has 0 unspecified atom stereocenters. The number of unbranched alkanes of at least 4 members (excludes halogenated alkanes) is 24. The lowest BCUT2D eigenvalue weighted by Gasteiger charge is -2.11. The van der Waals surface area contributed by atoms with Gasteiger partial charge in [0.15, 0.2) is 0 Å². The van der Waals surface area contributed by atoms with E-state index in [2.05, 4.69) is 13.8 Å². The van der Waals surface area contributed by atoms with E-state index < -0.39 is 5.97 Å². The number of benzene rings is 1. The summed E-state index contributed by atoms with van der Waals surface area (Å²) in [6.07, 6.45) is 35.9. The van der Waals surface area contributed by atoms with Crippen LogP contribution in [0.3, 0.4) is 0 Å². The van der Waals surface area contributed by atoms with Gasteiger partial charge < -0.3 is 9.84 Å². The van der Waals surface area contributed by atoms with E-state index in [1.54, 1.807) is 6.07 Å². The van der Waals surface area contributed by atoms with Gasteiger partial charge in [-0.3, -0.25) is 0 Å². The van der Waals surface area contributed by atoms with Crippen molar-refractivity contribution < 1.29 is 14.6 Å². The minimum absolute atomic E-state index is 0.295. The number of ether oxygens (including phenoxy) is 1. The van der Waals surface area contributed by atoms with Gasteiger partial charge in [0.1, 0.15) is 11.3 Å². The van der Waals surface area contributed by atoms with Crippen LogP contribution in [0.2, 0.25) is 0 Å². The number of hydrogen-bond acceptors (Lipinski definition) is 2. The fraction of sp³-hybridized carbons (Fsp3) is 0.811. The van der Waals surface area contributed by atoms with Gasteiger partial charge in [-0.25, -0.2) is 4.79 Å². The highest BCUT2D eigenvalue weighted by molar-refractivity contribution is 5.91. The van der Waals surface area contributed by atoms with E-state index >= 15 is 0 Å². The van der Waals surface area contributed by atoms with E-state index in [4.69, 9.17) is 4.74 Å². The summed E-state index contributed by atoms with van der Waals surface area (Å²) in [6, 6.07) is 5.69. The molecule has 0 aromatic heterocycles. The van der Waals surface area contributed by atoms with Crippen molar-refractivity contribution in [3.63, 3.8) is 0 Å². The Labute approximate surface area is 249 Å². The number of aryl methyl sites for hydroxylation is 1. The standard InChI is InChI=1S/C37H66O3/c1-3-5-7-9-11-13-15-17-19-21-23-25-27-29-34-30-31-35(37(38)39)36(33-34)40-32-28-26-24-22-20-18-16-14-12-10-8-6-4-2/h30-31,33H,3-29,32H2,1-2H3,(H,38,39). The number of carboxylic acid groups (broad SMARTS) is 1. The van der Waals surface area contributed by atoms with E-state index in [-0.39, 0.29) is 0 Å². The fourth-order valence-electron chi connectivity index (χ4n) is 5.67. The second-order valence-electron chi connectivity index (χ2n) is 12.2. The van der Waals surface area contributed by atoms with Crippen molar-refractivity contribution in [2.45, 2.75) is 187 Å². The van der Waals surface area contributed by atoms with Crippen molar-refractivity contribution in [2.24, 2.45) is 0 Å². The van der Waals surface area contributed by atoms with Crippen LogP contribution in [0.15, 0.2) is 18.2 Å². The van der Waals surface area contributed by atoms with Crippen LogP contribution >= 0.6 is 0 Å². The smallest absolute Gasteiger partial charge is 0.339 e. The van der Waals surface area contributed by atoms with Gasteiger partial charge in [0.25, 0.3) is 0 Å². The second kappa shape index (κ2) is 27.6. The van der Waals surface area contributed by atoms with Crippen LogP contribution < -0.4 is 4.74 Å². The lowest BCUT2D eigenvalue weighted by Crippen LogP contribution is -2.05. The molecule has 1 N–H and O–H groups in total. The summed E-state index contributed by atoms with van der Waals surface area (Å²) in [7, 11) is 0. The molecule has 1 aromatic carbocycles. The zero-order valence-corrected chi connectivity index (χ0v) is 26.8. The Kier molecular flexibility index (Phi) is 25.2. The molecule has 0 heterocycles. The molecular formula is C37H66O3. The number of aromatic carboxylic acids is 1. The Morgan fingerprint density at radius 3 is 1.32 bits per heavy atom. The first-order valence-corrected chi connectivity index (χ1v) is 17.7. The number of carbonyl (C=O) groups is 1. The summed E-state index contributed by atoms with van der Waals surface area (Å²) in [4.78, 5) is 11.7. The minimum atomic E-state index is -0.895. The molecule has 0 aliphatic heterocycles. The molecule has 0 aliphatic carbocycles. The number of hydrogen-bond donors (Lipinski definition) is 1. The van der Waals surface area contributed by atoms with Gasteiger partial charge >= 0.3 is 5.97 Å². The molecule has 0 amide bonds. The number of rotatable bonds is 30. The minimum Gasteiger partial charge on any atom is -0.493 e. The fourth-order valence-corrected chi connectivity index (χ4v) is 5.67. The molecule has 0 saturated carbocycles. The lowest BCUT2D eigenvalue weighted by atomic mass is 10.0. The predicted molar refractivity (Wildman–Crippen MR) is 174 cm³/mol. The topological polar surface area (TPSA) is 46.5 Å². The highest BCUT2D eigenvalue weighted by Gasteiger charge is 2.12. The second-order valence-corrected chi connectivity index (χ2v) is 12.2. The quantitative estimate of drug-likeness (QED) is 0.0955. The van der Waals surface area contributed by atoms with Crippen LogP contribution in [0.25, 0.3) is 0 Å². The third kappa shape index (κ3) is 21.3. The molecule has 3 nitrogen and oxygen atoms in total. The molecule has 3 heteroatoms. The molecule has 0 fully saturated rings. The molecule has 0 atom stereocenters. The van der Waals surface area contributed by atoms with Crippen LogP contribution in [-0.2, 0) is 6.42 Å². The van der Waals surface area contributed by atoms with Gasteiger partial charge in [0.2, 0.25) is 0 Å². The monoisotopic (exact) mass is 559 g/mol. The van der Waals surface area contributed by atoms with Crippen molar-refractivity contribution in [1.29, 1.82) is 0 Å². The third-order valence-corrected chi connectivity index (χ3v) is 8.35. The first-order chi connectivity index (χ1) is 19.7. The maximum atomic E-state index is 11.7. The molecule has 0 spiro atoms. The van der Waals surface area contributed by atoms with E-state index in [1.807, 2.05) is 12.1 Å². The summed E-state index contributed by atoms with van der Waals surface area (Å²) in [6.45, 7) is 5.17. The van der Waals surface area contributed by atoms with Crippen molar-refractivity contribution in [3.8, 4) is 5.75 Å². The zero-order valence-electron chi connectivity index (χ0n) is 26.8. The Morgan fingerprint density at radius 2 is 0.925 bits per heavy atom. The summed E-state index contributed by atoms with van der Waals surface area (Å²) in [5, 5.41) is 9.59. The molecule has 0 radical (unpaired) electrons. The molecule has 1 aromatic rings. The maximum Gasteiger partial charge on any atom is 0.339 e. The van der Waals surface area contributed by atoms with Crippen molar-refractivity contribution >= 4 is 5.97 Å². The SMILES string of the molecule is CCCCCCCCCCCCCCCOc1cc(CCCCCCCCCCCCCCC)ccc1C(=O)O. The lowest BCUT2D eigenvalue weighted by molar-refractivity contribution is 0.0692. The highest BCUT2D eigenvalue weighted by Crippen LogP contribution is 2.23. The van der Waals surface area contributed by atoms with E-state index in [0.29, 0.717) is 17.9 Å². The van der Waals surface area contributed by atoms with Crippen molar-refractivity contribution in [3.05, 3.63) is 29.3 Å². The Hall–Kier alpha value is -1.51. The zero-order chi connectivity index (χ0) is 28.9.